The van der Waals surface area contributed by atoms with Gasteiger partial charge in [-0.15, -0.1) is 11.3 Å². The second-order valence-electron chi connectivity index (χ2n) is 7.03. The van der Waals surface area contributed by atoms with Gasteiger partial charge in [-0.25, -0.2) is 9.97 Å². The first kappa shape index (κ1) is 21.1. The topological polar surface area (TPSA) is 47.0 Å². The SMILES string of the molecule is Cc1nccc(NCCOc2ccc3c(-c4ccc(C(F)(F)F)cc4)c(C)sc3c2)n1. The molecule has 0 aliphatic heterocycles. The highest BCUT2D eigenvalue weighted by Gasteiger charge is 2.30. The Morgan fingerprint density at radius 2 is 1.81 bits per heavy atom. The molecule has 0 saturated carbocycles. The second-order valence-corrected chi connectivity index (χ2v) is 8.29. The number of hydrogen-bond acceptors (Lipinski definition) is 5. The number of benzene rings is 2. The summed E-state index contributed by atoms with van der Waals surface area (Å²) in [6.07, 6.45) is -2.63. The number of anilines is 1. The number of aromatic nitrogens is 2. The molecule has 0 amide bonds. The van der Waals surface area contributed by atoms with Gasteiger partial charge in [0.25, 0.3) is 0 Å². The number of halogens is 3. The van der Waals surface area contributed by atoms with Crippen LogP contribution < -0.4 is 10.1 Å². The molecule has 4 nitrogen and oxygen atoms in total. The van der Waals surface area contributed by atoms with E-state index in [0.29, 0.717) is 19.0 Å². The van der Waals surface area contributed by atoms with Crippen molar-refractivity contribution in [1.29, 1.82) is 0 Å². The Morgan fingerprint density at radius 3 is 2.52 bits per heavy atom. The van der Waals surface area contributed by atoms with E-state index in [4.69, 9.17) is 4.74 Å². The molecule has 31 heavy (non-hydrogen) atoms. The summed E-state index contributed by atoms with van der Waals surface area (Å²) in [5.41, 5.74) is 1.09. The average Bonchev–Trinajstić information content (AvgIpc) is 3.05. The summed E-state index contributed by atoms with van der Waals surface area (Å²) in [5, 5.41) is 4.19. The maximum absolute atomic E-state index is 12.9. The average molecular weight is 443 g/mol. The molecule has 0 unspecified atom stereocenters. The van der Waals surface area contributed by atoms with Crippen LogP contribution in [-0.2, 0) is 6.18 Å². The first-order valence-corrected chi connectivity index (χ1v) is 10.5. The minimum atomic E-state index is -4.34. The van der Waals surface area contributed by atoms with Gasteiger partial charge in [-0.05, 0) is 55.8 Å². The van der Waals surface area contributed by atoms with E-state index in [0.717, 1.165) is 49.8 Å². The summed E-state index contributed by atoms with van der Waals surface area (Å²) >= 11 is 1.60. The molecule has 2 aromatic carbocycles. The normalized spacial score (nSPS) is 11.6. The Balaban J connectivity index is 1.47. The van der Waals surface area contributed by atoms with E-state index in [2.05, 4.69) is 15.3 Å². The van der Waals surface area contributed by atoms with E-state index >= 15 is 0 Å². The summed E-state index contributed by atoms with van der Waals surface area (Å²) < 4.78 is 45.5. The van der Waals surface area contributed by atoms with Crippen molar-refractivity contribution >= 4 is 27.2 Å². The number of nitrogens with one attached hydrogen (secondary N) is 1. The van der Waals surface area contributed by atoms with E-state index < -0.39 is 11.7 Å². The molecule has 1 N–H and O–H groups in total. The molecule has 4 aromatic rings. The van der Waals surface area contributed by atoms with Crippen molar-refractivity contribution in [3.8, 4) is 16.9 Å². The zero-order chi connectivity index (χ0) is 22.0. The summed E-state index contributed by atoms with van der Waals surface area (Å²) in [6, 6.07) is 12.9. The Morgan fingerprint density at radius 1 is 1.03 bits per heavy atom. The molecule has 160 valence electrons. The molecule has 4 rings (SSSR count). The minimum absolute atomic E-state index is 0.463. The number of thiophene rings is 1. The van der Waals surface area contributed by atoms with E-state index in [-0.39, 0.29) is 0 Å². The zero-order valence-corrected chi connectivity index (χ0v) is 17.8. The van der Waals surface area contributed by atoms with Gasteiger partial charge in [-0.3, -0.25) is 0 Å². The van der Waals surface area contributed by atoms with Crippen molar-refractivity contribution in [3.05, 3.63) is 71.0 Å². The number of rotatable bonds is 6. The zero-order valence-electron chi connectivity index (χ0n) is 17.0. The van der Waals surface area contributed by atoms with Crippen LogP contribution in [0.3, 0.4) is 0 Å². The number of fused-ring (bicyclic) bond motifs is 1. The summed E-state index contributed by atoms with van der Waals surface area (Å²) in [6.45, 7) is 4.87. The maximum atomic E-state index is 12.9. The minimum Gasteiger partial charge on any atom is -0.492 e. The van der Waals surface area contributed by atoms with Crippen LogP contribution in [-0.4, -0.2) is 23.1 Å². The third-order valence-corrected chi connectivity index (χ3v) is 5.86. The fourth-order valence-corrected chi connectivity index (χ4v) is 4.49. The lowest BCUT2D eigenvalue weighted by molar-refractivity contribution is -0.137. The number of aryl methyl sites for hydroxylation is 2. The Kier molecular flexibility index (Phi) is 5.82. The molecule has 8 heteroatoms. The highest BCUT2D eigenvalue weighted by Crippen LogP contribution is 2.40. The van der Waals surface area contributed by atoms with Gasteiger partial charge in [-0.1, -0.05) is 12.1 Å². The number of alkyl halides is 3. The van der Waals surface area contributed by atoms with Crippen LogP contribution in [0.25, 0.3) is 21.2 Å². The van der Waals surface area contributed by atoms with Crippen LogP contribution in [0.1, 0.15) is 16.3 Å². The molecule has 0 atom stereocenters. The van der Waals surface area contributed by atoms with Crippen molar-refractivity contribution in [2.75, 3.05) is 18.5 Å². The van der Waals surface area contributed by atoms with Crippen LogP contribution in [0, 0.1) is 13.8 Å². The summed E-state index contributed by atoms with van der Waals surface area (Å²) in [5.74, 6) is 2.20. The summed E-state index contributed by atoms with van der Waals surface area (Å²) in [4.78, 5) is 9.39. The van der Waals surface area contributed by atoms with E-state index in [1.54, 1.807) is 23.6 Å². The lowest BCUT2D eigenvalue weighted by Crippen LogP contribution is -2.12. The van der Waals surface area contributed by atoms with Crippen LogP contribution in [0.2, 0.25) is 0 Å². The van der Waals surface area contributed by atoms with E-state index in [1.807, 2.05) is 32.0 Å². The maximum Gasteiger partial charge on any atom is 0.416 e. The molecule has 2 heterocycles. The van der Waals surface area contributed by atoms with Crippen molar-refractivity contribution < 1.29 is 17.9 Å². The van der Waals surface area contributed by atoms with Crippen molar-refractivity contribution in [1.82, 2.24) is 9.97 Å². The van der Waals surface area contributed by atoms with Crippen LogP contribution in [0.5, 0.6) is 5.75 Å². The first-order valence-electron chi connectivity index (χ1n) is 9.68. The predicted molar refractivity (Wildman–Crippen MR) is 118 cm³/mol. The molecule has 0 aliphatic carbocycles. The molecule has 2 aromatic heterocycles. The van der Waals surface area contributed by atoms with Crippen molar-refractivity contribution in [3.63, 3.8) is 0 Å². The van der Waals surface area contributed by atoms with Gasteiger partial charge in [0.1, 0.15) is 24.0 Å². The Hall–Kier alpha value is -3.13. The molecular formula is C23H20F3N3OS. The molecule has 0 fully saturated rings. The van der Waals surface area contributed by atoms with Gasteiger partial charge in [0.2, 0.25) is 0 Å². The Labute approximate surface area is 181 Å². The quantitative estimate of drug-likeness (QED) is 0.346. The fourth-order valence-electron chi connectivity index (χ4n) is 3.38. The van der Waals surface area contributed by atoms with Gasteiger partial charge in [0.05, 0.1) is 12.1 Å². The van der Waals surface area contributed by atoms with Crippen LogP contribution in [0.4, 0.5) is 19.0 Å². The van der Waals surface area contributed by atoms with Gasteiger partial charge < -0.3 is 10.1 Å². The predicted octanol–water partition coefficient (Wildman–Crippen LogP) is 6.48. The highest BCUT2D eigenvalue weighted by molar-refractivity contribution is 7.19. The highest BCUT2D eigenvalue weighted by atomic mass is 32.1. The monoisotopic (exact) mass is 443 g/mol. The summed E-state index contributed by atoms with van der Waals surface area (Å²) in [7, 11) is 0. The molecular weight excluding hydrogens is 423 g/mol. The Bertz CT molecular complexity index is 1200. The number of ether oxygens (including phenoxy) is 1. The van der Waals surface area contributed by atoms with E-state index in [9.17, 15) is 13.2 Å². The smallest absolute Gasteiger partial charge is 0.416 e. The largest absolute Gasteiger partial charge is 0.492 e. The van der Waals surface area contributed by atoms with Crippen LogP contribution >= 0.6 is 11.3 Å². The number of hydrogen-bond donors (Lipinski definition) is 1. The number of nitrogens with zero attached hydrogens (tertiary/aromatic N) is 2. The molecule has 0 spiro atoms. The second kappa shape index (κ2) is 8.55. The first-order chi connectivity index (χ1) is 14.8. The lowest BCUT2D eigenvalue weighted by Gasteiger charge is -2.09. The lowest BCUT2D eigenvalue weighted by atomic mass is 10.0. The van der Waals surface area contributed by atoms with Gasteiger partial charge in [0, 0.05) is 26.7 Å². The molecule has 0 bridgehead atoms. The molecule has 0 radical (unpaired) electrons. The van der Waals surface area contributed by atoms with E-state index in [1.165, 1.54) is 12.1 Å². The fraction of sp³-hybridized carbons (Fsp3) is 0.217. The third-order valence-electron chi connectivity index (χ3n) is 4.79. The van der Waals surface area contributed by atoms with Crippen LogP contribution in [0.15, 0.2) is 54.7 Å². The van der Waals surface area contributed by atoms with Gasteiger partial charge in [-0.2, -0.15) is 13.2 Å². The third kappa shape index (κ3) is 4.80. The molecule has 0 saturated heterocycles. The standard InChI is InChI=1S/C23H20F3N3OS/c1-14-22(16-3-5-17(6-4-16)23(24,25)26)19-8-7-18(13-20(19)31-14)30-12-11-28-21-9-10-27-15(2)29-21/h3-10,13H,11-12H2,1-2H3,(H,27,28,29). The van der Waals surface area contributed by atoms with Crippen molar-refractivity contribution in [2.24, 2.45) is 0 Å². The molecule has 0 aliphatic rings. The van der Waals surface area contributed by atoms with Crippen molar-refractivity contribution in [2.45, 2.75) is 20.0 Å². The van der Waals surface area contributed by atoms with Gasteiger partial charge in [0.15, 0.2) is 0 Å². The van der Waals surface area contributed by atoms with Gasteiger partial charge >= 0.3 is 6.18 Å².